The van der Waals surface area contributed by atoms with E-state index in [0.717, 1.165) is 0 Å². The zero-order chi connectivity index (χ0) is 12.6. The number of carboxylic acid groups (broad SMARTS) is 1. The molecule has 1 saturated heterocycles. The second kappa shape index (κ2) is 4.03. The number of amides is 1. The van der Waals surface area contributed by atoms with Crippen LogP contribution in [-0.2, 0) is 14.3 Å². The minimum Gasteiger partial charge on any atom is -0.481 e. The lowest BCUT2D eigenvalue weighted by molar-refractivity contribution is -0.149. The van der Waals surface area contributed by atoms with Crippen molar-refractivity contribution in [2.24, 2.45) is 11.1 Å². The molecule has 1 amide bonds. The van der Waals surface area contributed by atoms with Crippen molar-refractivity contribution in [3.05, 3.63) is 0 Å². The molecule has 92 valence electrons. The largest absolute Gasteiger partial charge is 0.481 e. The van der Waals surface area contributed by atoms with Gasteiger partial charge in [-0.15, -0.1) is 0 Å². The van der Waals surface area contributed by atoms with Crippen molar-refractivity contribution in [1.82, 2.24) is 5.32 Å². The summed E-state index contributed by atoms with van der Waals surface area (Å²) in [6.07, 6.45) is 0. The smallest absolute Gasteiger partial charge is 0.313 e. The van der Waals surface area contributed by atoms with Crippen LogP contribution in [0.4, 0.5) is 0 Å². The fourth-order valence-corrected chi connectivity index (χ4v) is 1.43. The molecule has 0 aromatic heterocycles. The summed E-state index contributed by atoms with van der Waals surface area (Å²) in [6, 6.07) is -0.541. The molecule has 1 aliphatic heterocycles. The number of carbonyl (C=O) groups excluding carboxylic acids is 1. The van der Waals surface area contributed by atoms with Gasteiger partial charge in [0.15, 0.2) is 0 Å². The van der Waals surface area contributed by atoms with Gasteiger partial charge < -0.3 is 20.9 Å². The van der Waals surface area contributed by atoms with Crippen LogP contribution in [0.5, 0.6) is 0 Å². The molecule has 16 heavy (non-hydrogen) atoms. The van der Waals surface area contributed by atoms with Crippen molar-refractivity contribution in [3.63, 3.8) is 0 Å². The molecular formula is C10H18N2O4. The summed E-state index contributed by atoms with van der Waals surface area (Å²) < 4.78 is 5.11. The number of nitrogens with two attached hydrogens (primary N) is 1. The summed E-state index contributed by atoms with van der Waals surface area (Å²) in [5.41, 5.74) is 3.51. The molecule has 2 unspecified atom stereocenters. The van der Waals surface area contributed by atoms with E-state index in [1.54, 1.807) is 20.8 Å². The van der Waals surface area contributed by atoms with Crippen LogP contribution in [-0.4, -0.2) is 41.8 Å². The monoisotopic (exact) mass is 230 g/mol. The van der Waals surface area contributed by atoms with E-state index in [4.69, 9.17) is 15.6 Å². The maximum absolute atomic E-state index is 11.6. The molecule has 0 bridgehead atoms. The number of aliphatic carboxylic acids is 1. The van der Waals surface area contributed by atoms with Crippen LogP contribution in [0.15, 0.2) is 0 Å². The van der Waals surface area contributed by atoms with Gasteiger partial charge in [0.2, 0.25) is 5.91 Å². The minimum absolute atomic E-state index is 0.0955. The van der Waals surface area contributed by atoms with Crippen molar-refractivity contribution < 1.29 is 19.4 Å². The molecule has 0 aromatic rings. The quantitative estimate of drug-likeness (QED) is 0.597. The highest BCUT2D eigenvalue weighted by Gasteiger charge is 2.48. The maximum Gasteiger partial charge on any atom is 0.313 e. The number of nitrogens with one attached hydrogen (secondary N) is 1. The van der Waals surface area contributed by atoms with Gasteiger partial charge in [-0.1, -0.05) is 0 Å². The third kappa shape index (κ3) is 2.33. The third-order valence-electron chi connectivity index (χ3n) is 2.83. The van der Waals surface area contributed by atoms with Crippen LogP contribution in [0.1, 0.15) is 20.8 Å². The summed E-state index contributed by atoms with van der Waals surface area (Å²) in [7, 11) is 0. The Balaban J connectivity index is 2.75. The number of rotatable bonds is 3. The lowest BCUT2D eigenvalue weighted by Gasteiger charge is -2.28. The second-order valence-electron chi connectivity index (χ2n) is 4.99. The molecular weight excluding hydrogens is 212 g/mol. The molecule has 6 nitrogen and oxygen atoms in total. The molecule has 0 spiro atoms. The molecule has 1 fully saturated rings. The van der Waals surface area contributed by atoms with Crippen LogP contribution < -0.4 is 11.1 Å². The highest BCUT2D eigenvalue weighted by atomic mass is 16.5. The predicted octanol–water partition coefficient (Wildman–Crippen LogP) is -0.670. The van der Waals surface area contributed by atoms with Gasteiger partial charge in [-0.2, -0.15) is 0 Å². The Morgan fingerprint density at radius 2 is 2.12 bits per heavy atom. The molecule has 1 heterocycles. The lowest BCUT2D eigenvalue weighted by atomic mass is 9.85. The predicted molar refractivity (Wildman–Crippen MR) is 56.8 cm³/mol. The molecule has 0 radical (unpaired) electrons. The minimum atomic E-state index is -1.08. The van der Waals surface area contributed by atoms with Crippen LogP contribution >= 0.6 is 0 Å². The standard InChI is InChI=1S/C10H18N2O4/c1-9(2,11)7(13)12-6-4-16-5-10(6,3)8(14)15/h6H,4-5,11H2,1-3H3,(H,12,13)(H,14,15). The Bertz CT molecular complexity index is 310. The van der Waals surface area contributed by atoms with Gasteiger partial charge in [0.1, 0.15) is 5.41 Å². The number of hydrogen-bond donors (Lipinski definition) is 3. The summed E-state index contributed by atoms with van der Waals surface area (Å²) >= 11 is 0. The third-order valence-corrected chi connectivity index (χ3v) is 2.83. The second-order valence-corrected chi connectivity index (χ2v) is 4.99. The Hall–Kier alpha value is -1.14. The Morgan fingerprint density at radius 3 is 2.56 bits per heavy atom. The highest BCUT2D eigenvalue weighted by Crippen LogP contribution is 2.28. The number of carboxylic acids is 1. The average Bonchev–Trinajstić information content (AvgIpc) is 2.47. The molecule has 1 rings (SSSR count). The first-order chi connectivity index (χ1) is 7.18. The zero-order valence-electron chi connectivity index (χ0n) is 9.74. The van der Waals surface area contributed by atoms with Crippen LogP contribution in [0, 0.1) is 5.41 Å². The van der Waals surface area contributed by atoms with E-state index in [-0.39, 0.29) is 19.1 Å². The summed E-state index contributed by atoms with van der Waals surface area (Å²) in [5, 5.41) is 11.7. The van der Waals surface area contributed by atoms with Crippen LogP contribution in [0.25, 0.3) is 0 Å². The number of carbonyl (C=O) groups is 2. The molecule has 6 heteroatoms. The molecule has 1 aliphatic rings. The van der Waals surface area contributed by atoms with Crippen LogP contribution in [0.2, 0.25) is 0 Å². The van der Waals surface area contributed by atoms with E-state index >= 15 is 0 Å². The molecule has 0 saturated carbocycles. The van der Waals surface area contributed by atoms with E-state index in [0.29, 0.717) is 0 Å². The first-order valence-corrected chi connectivity index (χ1v) is 5.09. The van der Waals surface area contributed by atoms with E-state index in [9.17, 15) is 9.59 Å². The summed E-state index contributed by atoms with van der Waals surface area (Å²) in [4.78, 5) is 22.7. The Kier molecular flexibility index (Phi) is 3.25. The van der Waals surface area contributed by atoms with E-state index < -0.39 is 23.0 Å². The topological polar surface area (TPSA) is 102 Å². The SMILES string of the molecule is CC(C)(N)C(=O)NC1COCC1(C)C(=O)O. The number of ether oxygens (including phenoxy) is 1. The zero-order valence-corrected chi connectivity index (χ0v) is 9.74. The normalized spacial score (nSPS) is 30.1. The summed E-state index contributed by atoms with van der Waals surface area (Å²) in [6.45, 7) is 4.98. The van der Waals surface area contributed by atoms with Gasteiger partial charge in [-0.25, -0.2) is 0 Å². The first-order valence-electron chi connectivity index (χ1n) is 5.09. The van der Waals surface area contributed by atoms with Crippen molar-refractivity contribution in [2.45, 2.75) is 32.4 Å². The average molecular weight is 230 g/mol. The van der Waals surface area contributed by atoms with Crippen molar-refractivity contribution in [3.8, 4) is 0 Å². The summed E-state index contributed by atoms with van der Waals surface area (Å²) in [5.74, 6) is -1.36. The molecule has 0 aromatic carbocycles. The highest BCUT2D eigenvalue weighted by molar-refractivity contribution is 5.86. The molecule has 0 aliphatic carbocycles. The van der Waals surface area contributed by atoms with Crippen molar-refractivity contribution in [1.29, 1.82) is 0 Å². The van der Waals surface area contributed by atoms with Gasteiger partial charge in [-0.3, -0.25) is 9.59 Å². The van der Waals surface area contributed by atoms with Crippen LogP contribution in [0.3, 0.4) is 0 Å². The van der Waals surface area contributed by atoms with Crippen molar-refractivity contribution in [2.75, 3.05) is 13.2 Å². The fraction of sp³-hybridized carbons (Fsp3) is 0.800. The lowest BCUT2D eigenvalue weighted by Crippen LogP contribution is -2.57. The fourth-order valence-electron chi connectivity index (χ4n) is 1.43. The van der Waals surface area contributed by atoms with Gasteiger partial charge in [0, 0.05) is 0 Å². The van der Waals surface area contributed by atoms with E-state index in [1.165, 1.54) is 0 Å². The van der Waals surface area contributed by atoms with Gasteiger partial charge in [-0.05, 0) is 20.8 Å². The Morgan fingerprint density at radius 1 is 1.56 bits per heavy atom. The Labute approximate surface area is 94.1 Å². The van der Waals surface area contributed by atoms with Gasteiger partial charge >= 0.3 is 5.97 Å². The molecule has 2 atom stereocenters. The van der Waals surface area contributed by atoms with Gasteiger partial charge in [0.05, 0.1) is 24.8 Å². The first kappa shape index (κ1) is 12.9. The van der Waals surface area contributed by atoms with E-state index in [2.05, 4.69) is 5.32 Å². The molecule has 4 N–H and O–H groups in total. The maximum atomic E-state index is 11.6. The number of hydrogen-bond acceptors (Lipinski definition) is 4. The van der Waals surface area contributed by atoms with E-state index in [1.807, 2.05) is 0 Å². The van der Waals surface area contributed by atoms with Gasteiger partial charge in [0.25, 0.3) is 0 Å². The van der Waals surface area contributed by atoms with Crippen molar-refractivity contribution >= 4 is 11.9 Å².